The SMILES string of the molecule is Nc1ccn(COC(CO)c2cocn2)c(=O)n1. The molecule has 0 aromatic carbocycles. The number of hydrogen-bond donors (Lipinski definition) is 2. The fourth-order valence-electron chi connectivity index (χ4n) is 1.32. The summed E-state index contributed by atoms with van der Waals surface area (Å²) in [6, 6.07) is 1.48. The second kappa shape index (κ2) is 5.43. The number of aromatic nitrogens is 3. The molecule has 0 aliphatic rings. The van der Waals surface area contributed by atoms with E-state index >= 15 is 0 Å². The Balaban J connectivity index is 2.04. The molecule has 2 aromatic rings. The standard InChI is InChI=1S/C10H12N4O4/c11-9-1-2-14(10(16)13-9)6-18-8(3-15)7-4-17-5-12-7/h1-2,4-5,8,15H,3,6H2,(H2,11,13,16). The Kier molecular flexibility index (Phi) is 3.70. The Bertz CT molecular complexity index is 551. The minimum Gasteiger partial charge on any atom is -0.451 e. The van der Waals surface area contributed by atoms with Gasteiger partial charge in [-0.2, -0.15) is 4.98 Å². The second-order valence-corrected chi connectivity index (χ2v) is 3.49. The molecule has 0 saturated heterocycles. The predicted octanol–water partition coefficient (Wildman–Crippen LogP) is -0.479. The summed E-state index contributed by atoms with van der Waals surface area (Å²) in [5.74, 6) is 0.145. The van der Waals surface area contributed by atoms with Crippen LogP contribution in [0.25, 0.3) is 0 Å². The van der Waals surface area contributed by atoms with Crippen LogP contribution in [0.15, 0.2) is 34.1 Å². The lowest BCUT2D eigenvalue weighted by Crippen LogP contribution is -2.25. The van der Waals surface area contributed by atoms with Crippen molar-refractivity contribution in [2.24, 2.45) is 0 Å². The molecule has 0 saturated carbocycles. The number of ether oxygens (including phenoxy) is 1. The van der Waals surface area contributed by atoms with Crippen LogP contribution in [-0.4, -0.2) is 26.2 Å². The van der Waals surface area contributed by atoms with Crippen LogP contribution in [-0.2, 0) is 11.5 Å². The van der Waals surface area contributed by atoms with E-state index in [1.165, 1.54) is 29.5 Å². The maximum absolute atomic E-state index is 11.4. The predicted molar refractivity (Wildman–Crippen MR) is 60.3 cm³/mol. The summed E-state index contributed by atoms with van der Waals surface area (Å²) in [6.07, 6.45) is 3.40. The quantitative estimate of drug-likeness (QED) is 0.738. The van der Waals surface area contributed by atoms with E-state index in [2.05, 4.69) is 9.97 Å². The first-order chi connectivity index (χ1) is 8.70. The lowest BCUT2D eigenvalue weighted by Gasteiger charge is -2.13. The lowest BCUT2D eigenvalue weighted by atomic mass is 10.3. The van der Waals surface area contributed by atoms with E-state index in [0.29, 0.717) is 5.69 Å². The first-order valence-corrected chi connectivity index (χ1v) is 5.14. The number of hydrogen-bond acceptors (Lipinski definition) is 7. The zero-order valence-corrected chi connectivity index (χ0v) is 9.39. The van der Waals surface area contributed by atoms with Crippen LogP contribution in [0.1, 0.15) is 11.8 Å². The van der Waals surface area contributed by atoms with Crippen LogP contribution < -0.4 is 11.4 Å². The number of anilines is 1. The Labute approximate surface area is 102 Å². The summed E-state index contributed by atoms with van der Waals surface area (Å²) >= 11 is 0. The number of oxazole rings is 1. The molecule has 0 radical (unpaired) electrons. The normalized spacial score (nSPS) is 12.5. The molecule has 3 N–H and O–H groups in total. The van der Waals surface area contributed by atoms with Gasteiger partial charge in [0.05, 0.1) is 6.61 Å². The summed E-state index contributed by atoms with van der Waals surface area (Å²) in [6.45, 7) is -0.339. The van der Waals surface area contributed by atoms with Crippen molar-refractivity contribution in [1.82, 2.24) is 14.5 Å². The van der Waals surface area contributed by atoms with Crippen LogP contribution in [0.5, 0.6) is 0 Å². The Morgan fingerprint density at radius 3 is 3.06 bits per heavy atom. The van der Waals surface area contributed by atoms with Gasteiger partial charge in [0.2, 0.25) is 0 Å². The third-order valence-corrected chi connectivity index (χ3v) is 2.26. The largest absolute Gasteiger partial charge is 0.451 e. The van der Waals surface area contributed by atoms with Gasteiger partial charge in [-0.15, -0.1) is 0 Å². The molecule has 0 fully saturated rings. The van der Waals surface area contributed by atoms with E-state index in [4.69, 9.17) is 20.0 Å². The molecular weight excluding hydrogens is 240 g/mol. The first-order valence-electron chi connectivity index (χ1n) is 5.14. The number of nitrogen functional groups attached to an aromatic ring is 1. The van der Waals surface area contributed by atoms with E-state index < -0.39 is 11.8 Å². The molecule has 2 heterocycles. The highest BCUT2D eigenvalue weighted by Gasteiger charge is 2.14. The summed E-state index contributed by atoms with van der Waals surface area (Å²) in [7, 11) is 0. The van der Waals surface area contributed by atoms with Crippen molar-refractivity contribution in [2.45, 2.75) is 12.8 Å². The van der Waals surface area contributed by atoms with Gasteiger partial charge in [-0.05, 0) is 6.07 Å². The van der Waals surface area contributed by atoms with Gasteiger partial charge >= 0.3 is 5.69 Å². The lowest BCUT2D eigenvalue weighted by molar-refractivity contribution is -0.0294. The third kappa shape index (κ3) is 2.73. The molecule has 8 nitrogen and oxygen atoms in total. The third-order valence-electron chi connectivity index (χ3n) is 2.26. The maximum Gasteiger partial charge on any atom is 0.351 e. The van der Waals surface area contributed by atoms with Gasteiger partial charge in [0.25, 0.3) is 0 Å². The molecule has 96 valence electrons. The van der Waals surface area contributed by atoms with Gasteiger partial charge in [0.1, 0.15) is 30.6 Å². The average Bonchev–Trinajstić information content (AvgIpc) is 2.86. The fraction of sp³-hybridized carbons (Fsp3) is 0.300. The number of aliphatic hydroxyl groups is 1. The van der Waals surface area contributed by atoms with Gasteiger partial charge in [-0.25, -0.2) is 9.78 Å². The number of rotatable bonds is 5. The van der Waals surface area contributed by atoms with Crippen molar-refractivity contribution in [3.8, 4) is 0 Å². The monoisotopic (exact) mass is 252 g/mol. The highest BCUT2D eigenvalue weighted by molar-refractivity contribution is 5.23. The Hall–Kier alpha value is -2.19. The van der Waals surface area contributed by atoms with Crippen molar-refractivity contribution >= 4 is 5.82 Å². The highest BCUT2D eigenvalue weighted by atomic mass is 16.5. The van der Waals surface area contributed by atoms with Crippen LogP contribution in [0.4, 0.5) is 5.82 Å². The summed E-state index contributed by atoms with van der Waals surface area (Å²) < 4.78 is 11.4. The zero-order valence-electron chi connectivity index (χ0n) is 9.39. The topological polar surface area (TPSA) is 116 Å². The van der Waals surface area contributed by atoms with Gasteiger partial charge < -0.3 is 20.0 Å². The van der Waals surface area contributed by atoms with Crippen LogP contribution >= 0.6 is 0 Å². The van der Waals surface area contributed by atoms with E-state index in [-0.39, 0.29) is 19.2 Å². The minimum atomic E-state index is -0.659. The van der Waals surface area contributed by atoms with Crippen molar-refractivity contribution in [2.75, 3.05) is 12.3 Å². The van der Waals surface area contributed by atoms with Crippen molar-refractivity contribution in [3.05, 3.63) is 41.1 Å². The number of nitrogens with two attached hydrogens (primary N) is 1. The first kappa shape index (κ1) is 12.3. The molecule has 0 aliphatic carbocycles. The van der Waals surface area contributed by atoms with E-state index in [0.717, 1.165) is 0 Å². The molecule has 8 heteroatoms. The zero-order chi connectivity index (χ0) is 13.0. The van der Waals surface area contributed by atoms with Crippen molar-refractivity contribution in [1.29, 1.82) is 0 Å². The van der Waals surface area contributed by atoms with Crippen LogP contribution in [0.2, 0.25) is 0 Å². The van der Waals surface area contributed by atoms with Gasteiger partial charge in [0, 0.05) is 6.20 Å². The second-order valence-electron chi connectivity index (χ2n) is 3.49. The number of aliphatic hydroxyl groups excluding tert-OH is 1. The molecule has 2 aromatic heterocycles. The highest BCUT2D eigenvalue weighted by Crippen LogP contribution is 2.14. The molecule has 0 amide bonds. The molecular formula is C10H12N4O4. The molecule has 18 heavy (non-hydrogen) atoms. The van der Waals surface area contributed by atoms with Gasteiger partial charge in [0.15, 0.2) is 6.39 Å². The smallest absolute Gasteiger partial charge is 0.351 e. The fourth-order valence-corrected chi connectivity index (χ4v) is 1.32. The molecule has 0 bridgehead atoms. The Morgan fingerprint density at radius 2 is 2.44 bits per heavy atom. The molecule has 2 rings (SSSR count). The van der Waals surface area contributed by atoms with E-state index in [9.17, 15) is 4.79 Å². The van der Waals surface area contributed by atoms with Gasteiger partial charge in [-0.1, -0.05) is 0 Å². The molecule has 1 unspecified atom stereocenters. The van der Waals surface area contributed by atoms with Gasteiger partial charge in [-0.3, -0.25) is 4.57 Å². The average molecular weight is 252 g/mol. The maximum atomic E-state index is 11.4. The molecule has 0 aliphatic heterocycles. The van der Waals surface area contributed by atoms with Crippen LogP contribution in [0.3, 0.4) is 0 Å². The Morgan fingerprint density at radius 1 is 1.61 bits per heavy atom. The van der Waals surface area contributed by atoms with Crippen molar-refractivity contribution in [3.63, 3.8) is 0 Å². The van der Waals surface area contributed by atoms with Crippen LogP contribution in [0, 0.1) is 0 Å². The number of nitrogens with zero attached hydrogens (tertiary/aromatic N) is 3. The summed E-state index contributed by atoms with van der Waals surface area (Å²) in [4.78, 5) is 18.8. The summed E-state index contributed by atoms with van der Waals surface area (Å²) in [5.41, 5.74) is 5.29. The summed E-state index contributed by atoms with van der Waals surface area (Å²) in [5, 5.41) is 9.16. The molecule has 0 spiro atoms. The minimum absolute atomic E-state index is 0.0653. The molecule has 1 atom stereocenters. The van der Waals surface area contributed by atoms with E-state index in [1.54, 1.807) is 0 Å². The van der Waals surface area contributed by atoms with E-state index in [1.807, 2.05) is 0 Å². The van der Waals surface area contributed by atoms with Crippen molar-refractivity contribution < 1.29 is 14.3 Å².